The van der Waals surface area contributed by atoms with Gasteiger partial charge in [0.15, 0.2) is 0 Å². The van der Waals surface area contributed by atoms with Crippen LogP contribution < -0.4 is 4.90 Å². The Hall–Kier alpha value is -3.11. The van der Waals surface area contributed by atoms with Crippen LogP contribution in [0.15, 0.2) is 47.0 Å². The van der Waals surface area contributed by atoms with Gasteiger partial charge in [-0.3, -0.25) is 9.88 Å². The van der Waals surface area contributed by atoms with Gasteiger partial charge >= 0.3 is 12.5 Å². The van der Waals surface area contributed by atoms with Gasteiger partial charge in [-0.15, -0.1) is 10.2 Å². The zero-order chi connectivity index (χ0) is 23.4. The molecule has 0 atom stereocenters. The summed E-state index contributed by atoms with van der Waals surface area (Å²) in [4.78, 5) is 23.6. The van der Waals surface area contributed by atoms with Crippen molar-refractivity contribution in [1.29, 1.82) is 0 Å². The van der Waals surface area contributed by atoms with E-state index in [4.69, 9.17) is 16.0 Å². The number of likely N-dealkylation sites (N-methyl/N-ethyl adjacent to an activating group) is 1. The van der Waals surface area contributed by atoms with Gasteiger partial charge < -0.3 is 14.2 Å². The molecule has 1 saturated heterocycles. The van der Waals surface area contributed by atoms with Crippen molar-refractivity contribution >= 4 is 23.3 Å². The van der Waals surface area contributed by atoms with Crippen molar-refractivity contribution in [1.82, 2.24) is 25.0 Å². The van der Waals surface area contributed by atoms with Crippen molar-refractivity contribution in [2.24, 2.45) is 0 Å². The van der Waals surface area contributed by atoms with Crippen LogP contribution in [0, 0.1) is 0 Å². The molecule has 0 N–H and O–H groups in total. The average Bonchev–Trinajstić information content (AvgIpc) is 3.34. The number of halogens is 3. The number of hydrogen-bond acceptors (Lipinski definition) is 6. The highest BCUT2D eigenvalue weighted by atomic mass is 35.5. The van der Waals surface area contributed by atoms with E-state index < -0.39 is 12.3 Å². The second-order valence-electron chi connectivity index (χ2n) is 7.55. The van der Waals surface area contributed by atoms with E-state index in [0.29, 0.717) is 35.1 Å². The molecule has 8 nitrogen and oxygen atoms in total. The third-order valence-electron chi connectivity index (χ3n) is 5.48. The quantitative estimate of drug-likeness (QED) is 0.521. The smallest absolute Gasteiger partial charge is 0.324 e. The highest BCUT2D eigenvalue weighted by Gasteiger charge is 2.26. The van der Waals surface area contributed by atoms with Crippen LogP contribution in [0.2, 0.25) is 5.02 Å². The minimum absolute atomic E-state index is 0.0382. The molecular weight excluding hydrogens is 454 g/mol. The topological polar surface area (TPSA) is 78.6 Å². The molecule has 2 aromatic heterocycles. The molecule has 11 heteroatoms. The van der Waals surface area contributed by atoms with Gasteiger partial charge in [0.05, 0.1) is 17.8 Å². The molecule has 0 bridgehead atoms. The number of alkyl halides is 2. The first-order valence-corrected chi connectivity index (χ1v) is 10.9. The standard InChI is InChI=1S/C22H23ClF2N6O2/c1-2-29-9-11-30(12-10-29)22(32)31(18-7-4-16(23)5-8-18)14-17-6-3-15(13-26-17)20-27-28-21(33-20)19(24)25/h3-8,13,19H,2,9-12,14H2,1H3. The van der Waals surface area contributed by atoms with E-state index in [9.17, 15) is 13.6 Å². The Labute approximate surface area is 194 Å². The number of amides is 2. The highest BCUT2D eigenvalue weighted by molar-refractivity contribution is 6.30. The maximum atomic E-state index is 13.4. The second kappa shape index (κ2) is 10.2. The minimum Gasteiger partial charge on any atom is -0.415 e. The Kier molecular flexibility index (Phi) is 7.14. The summed E-state index contributed by atoms with van der Waals surface area (Å²) in [5.74, 6) is -0.777. The summed E-state index contributed by atoms with van der Waals surface area (Å²) in [6, 6.07) is 10.3. The lowest BCUT2D eigenvalue weighted by Gasteiger charge is -2.37. The van der Waals surface area contributed by atoms with Crippen molar-refractivity contribution in [3.05, 3.63) is 59.2 Å². The van der Waals surface area contributed by atoms with Crippen LogP contribution in [0.3, 0.4) is 0 Å². The number of urea groups is 1. The molecule has 1 fully saturated rings. The SMILES string of the molecule is CCN1CCN(C(=O)N(Cc2ccc(-c3nnc(C(F)F)o3)cn2)c2ccc(Cl)cc2)CC1. The number of piperazine rings is 1. The fraction of sp³-hybridized carbons (Fsp3) is 0.364. The van der Waals surface area contributed by atoms with Crippen LogP contribution in [-0.4, -0.2) is 63.7 Å². The minimum atomic E-state index is -2.84. The molecule has 1 aromatic carbocycles. The molecule has 0 saturated carbocycles. The maximum absolute atomic E-state index is 13.4. The van der Waals surface area contributed by atoms with Gasteiger partial charge in [0.1, 0.15) is 0 Å². The lowest BCUT2D eigenvalue weighted by Crippen LogP contribution is -2.52. The van der Waals surface area contributed by atoms with Gasteiger partial charge in [0, 0.05) is 43.1 Å². The number of carbonyl (C=O) groups is 1. The molecule has 1 aliphatic rings. The zero-order valence-electron chi connectivity index (χ0n) is 18.0. The molecule has 2 amide bonds. The molecule has 1 aliphatic heterocycles. The predicted molar refractivity (Wildman–Crippen MR) is 119 cm³/mol. The van der Waals surface area contributed by atoms with E-state index in [1.54, 1.807) is 41.3 Å². The van der Waals surface area contributed by atoms with E-state index >= 15 is 0 Å². The van der Waals surface area contributed by atoms with Gasteiger partial charge in [-0.2, -0.15) is 8.78 Å². The second-order valence-corrected chi connectivity index (χ2v) is 7.99. The van der Waals surface area contributed by atoms with Crippen LogP contribution in [0.1, 0.15) is 24.9 Å². The van der Waals surface area contributed by atoms with Gasteiger partial charge in [0.2, 0.25) is 5.89 Å². The number of pyridine rings is 1. The summed E-state index contributed by atoms with van der Waals surface area (Å²) >= 11 is 6.04. The first-order valence-electron chi connectivity index (χ1n) is 10.6. The van der Waals surface area contributed by atoms with Gasteiger partial charge in [-0.25, -0.2) is 4.79 Å². The van der Waals surface area contributed by atoms with E-state index in [-0.39, 0.29) is 18.5 Å². The van der Waals surface area contributed by atoms with Crippen LogP contribution in [0.25, 0.3) is 11.5 Å². The van der Waals surface area contributed by atoms with Gasteiger partial charge in [0.25, 0.3) is 5.89 Å². The van der Waals surface area contributed by atoms with Crippen LogP contribution in [-0.2, 0) is 6.54 Å². The molecule has 0 spiro atoms. The molecule has 0 unspecified atom stereocenters. The van der Waals surface area contributed by atoms with Crippen molar-refractivity contribution in [3.63, 3.8) is 0 Å². The van der Waals surface area contributed by atoms with Crippen molar-refractivity contribution < 1.29 is 18.0 Å². The number of aromatic nitrogens is 3. The van der Waals surface area contributed by atoms with Crippen LogP contribution in [0.5, 0.6) is 0 Å². The fourth-order valence-corrected chi connectivity index (χ4v) is 3.69. The molecular formula is C22H23ClF2N6O2. The lowest BCUT2D eigenvalue weighted by atomic mass is 10.2. The Morgan fingerprint density at radius 2 is 1.85 bits per heavy atom. The van der Waals surface area contributed by atoms with Crippen molar-refractivity contribution in [2.75, 3.05) is 37.6 Å². The van der Waals surface area contributed by atoms with E-state index in [0.717, 1.165) is 19.6 Å². The zero-order valence-corrected chi connectivity index (χ0v) is 18.8. The van der Waals surface area contributed by atoms with E-state index in [1.807, 2.05) is 4.90 Å². The van der Waals surface area contributed by atoms with E-state index in [1.165, 1.54) is 6.20 Å². The first-order chi connectivity index (χ1) is 15.9. The normalized spacial score (nSPS) is 14.6. The molecule has 3 heterocycles. The third-order valence-corrected chi connectivity index (χ3v) is 5.73. The Balaban J connectivity index is 1.53. The number of anilines is 1. The largest absolute Gasteiger partial charge is 0.415 e. The molecule has 4 rings (SSSR count). The van der Waals surface area contributed by atoms with Crippen LogP contribution in [0.4, 0.5) is 19.3 Å². The summed E-state index contributed by atoms with van der Waals surface area (Å²) in [5, 5.41) is 7.54. The number of carbonyl (C=O) groups excluding carboxylic acids is 1. The lowest BCUT2D eigenvalue weighted by molar-refractivity contribution is 0.116. The monoisotopic (exact) mass is 476 g/mol. The van der Waals surface area contributed by atoms with Crippen molar-refractivity contribution in [2.45, 2.75) is 19.9 Å². The Morgan fingerprint density at radius 3 is 2.42 bits per heavy atom. The molecule has 174 valence electrons. The summed E-state index contributed by atoms with van der Waals surface area (Å²) in [6.45, 7) is 6.23. The molecule has 0 aliphatic carbocycles. The summed E-state index contributed by atoms with van der Waals surface area (Å²) in [5.41, 5.74) is 1.73. The fourth-order valence-electron chi connectivity index (χ4n) is 3.56. The molecule has 0 radical (unpaired) electrons. The summed E-state index contributed by atoms with van der Waals surface area (Å²) < 4.78 is 30.4. The van der Waals surface area contributed by atoms with Crippen LogP contribution >= 0.6 is 11.6 Å². The highest BCUT2D eigenvalue weighted by Crippen LogP contribution is 2.25. The Morgan fingerprint density at radius 1 is 1.12 bits per heavy atom. The van der Waals surface area contributed by atoms with E-state index in [2.05, 4.69) is 27.0 Å². The molecule has 33 heavy (non-hydrogen) atoms. The third kappa shape index (κ3) is 5.45. The molecule has 3 aromatic rings. The van der Waals surface area contributed by atoms with Gasteiger partial charge in [-0.05, 0) is 42.9 Å². The number of rotatable bonds is 6. The first kappa shape index (κ1) is 23.1. The number of benzene rings is 1. The number of nitrogens with zero attached hydrogens (tertiary/aromatic N) is 6. The maximum Gasteiger partial charge on any atom is 0.324 e. The average molecular weight is 477 g/mol. The predicted octanol–water partition coefficient (Wildman–Crippen LogP) is 4.49. The van der Waals surface area contributed by atoms with Gasteiger partial charge in [-0.1, -0.05) is 18.5 Å². The van der Waals surface area contributed by atoms with Crippen molar-refractivity contribution in [3.8, 4) is 11.5 Å². The summed E-state index contributed by atoms with van der Waals surface area (Å²) in [6.07, 6.45) is -1.38. The summed E-state index contributed by atoms with van der Waals surface area (Å²) in [7, 11) is 0. The Bertz CT molecular complexity index is 1070. The number of hydrogen-bond donors (Lipinski definition) is 0.